The van der Waals surface area contributed by atoms with Gasteiger partial charge in [-0.3, -0.25) is 4.79 Å². The van der Waals surface area contributed by atoms with E-state index >= 15 is 0 Å². The van der Waals surface area contributed by atoms with E-state index in [0.29, 0.717) is 25.2 Å². The zero-order chi connectivity index (χ0) is 17.5. The second kappa shape index (κ2) is 8.53. The zero-order valence-electron chi connectivity index (χ0n) is 13.1. The SMILES string of the molecule is N#CC(F)=CCCC1CCC(C(=O)Oc2ccc(F)c(F)c2)CC1. The molecule has 0 aromatic heterocycles. The number of hydrogen-bond donors (Lipinski definition) is 0. The summed E-state index contributed by atoms with van der Waals surface area (Å²) < 4.78 is 43.8. The molecular formula is C18H18F3NO2. The number of ether oxygens (including phenoxy) is 1. The first-order chi connectivity index (χ1) is 11.5. The van der Waals surface area contributed by atoms with Gasteiger partial charge in [-0.15, -0.1) is 0 Å². The molecule has 1 aliphatic rings. The van der Waals surface area contributed by atoms with E-state index in [-0.39, 0.29) is 11.7 Å². The molecule has 0 atom stereocenters. The lowest BCUT2D eigenvalue weighted by molar-refractivity contribution is -0.140. The monoisotopic (exact) mass is 337 g/mol. The average molecular weight is 337 g/mol. The van der Waals surface area contributed by atoms with E-state index in [0.717, 1.165) is 31.4 Å². The number of hydrogen-bond acceptors (Lipinski definition) is 3. The molecule has 1 aromatic carbocycles. The van der Waals surface area contributed by atoms with Gasteiger partial charge in [-0.2, -0.15) is 9.65 Å². The van der Waals surface area contributed by atoms with Crippen LogP contribution in [0, 0.1) is 34.8 Å². The predicted octanol–water partition coefficient (Wildman–Crippen LogP) is 4.83. The fourth-order valence-corrected chi connectivity index (χ4v) is 2.92. The molecule has 3 nitrogen and oxygen atoms in total. The Kier molecular flexibility index (Phi) is 6.42. The molecule has 6 heteroatoms. The van der Waals surface area contributed by atoms with E-state index in [4.69, 9.17) is 10.00 Å². The summed E-state index contributed by atoms with van der Waals surface area (Å²) in [7, 11) is 0. The summed E-state index contributed by atoms with van der Waals surface area (Å²) in [5.74, 6) is -3.12. The van der Waals surface area contributed by atoms with E-state index in [2.05, 4.69) is 0 Å². The third-order valence-electron chi connectivity index (χ3n) is 4.29. The van der Waals surface area contributed by atoms with Crippen LogP contribution in [0.25, 0.3) is 0 Å². The largest absolute Gasteiger partial charge is 0.426 e. The second-order valence-corrected chi connectivity index (χ2v) is 5.96. The summed E-state index contributed by atoms with van der Waals surface area (Å²) in [6, 6.07) is 4.43. The summed E-state index contributed by atoms with van der Waals surface area (Å²) in [6.45, 7) is 0. The van der Waals surface area contributed by atoms with Crippen LogP contribution in [-0.2, 0) is 4.79 Å². The number of carbonyl (C=O) groups excluding carboxylic acids is 1. The highest BCUT2D eigenvalue weighted by Crippen LogP contribution is 2.33. The molecule has 1 aromatic rings. The molecule has 0 radical (unpaired) electrons. The molecule has 0 unspecified atom stereocenters. The molecule has 24 heavy (non-hydrogen) atoms. The molecule has 0 bridgehead atoms. The summed E-state index contributed by atoms with van der Waals surface area (Å²) in [5, 5.41) is 8.33. The highest BCUT2D eigenvalue weighted by atomic mass is 19.2. The summed E-state index contributed by atoms with van der Waals surface area (Å²) in [5.41, 5.74) is 0. The molecule has 0 aliphatic heterocycles. The van der Waals surface area contributed by atoms with Crippen molar-refractivity contribution in [2.24, 2.45) is 11.8 Å². The second-order valence-electron chi connectivity index (χ2n) is 5.96. The molecule has 0 heterocycles. The molecule has 1 saturated carbocycles. The summed E-state index contributed by atoms with van der Waals surface area (Å²) in [4.78, 5) is 12.1. The van der Waals surface area contributed by atoms with Crippen LogP contribution in [0.3, 0.4) is 0 Å². The van der Waals surface area contributed by atoms with Gasteiger partial charge in [0.05, 0.1) is 5.92 Å². The highest BCUT2D eigenvalue weighted by molar-refractivity contribution is 5.75. The Balaban J connectivity index is 1.78. The lowest BCUT2D eigenvalue weighted by Crippen LogP contribution is -2.25. The Morgan fingerprint density at radius 3 is 2.58 bits per heavy atom. The number of allylic oxidation sites excluding steroid dienone is 2. The van der Waals surface area contributed by atoms with E-state index in [1.165, 1.54) is 18.2 Å². The van der Waals surface area contributed by atoms with Gasteiger partial charge in [0, 0.05) is 6.07 Å². The van der Waals surface area contributed by atoms with Crippen molar-refractivity contribution in [3.05, 3.63) is 41.7 Å². The topological polar surface area (TPSA) is 50.1 Å². The van der Waals surface area contributed by atoms with Crippen molar-refractivity contribution in [1.29, 1.82) is 5.26 Å². The van der Waals surface area contributed by atoms with Gasteiger partial charge in [-0.1, -0.05) is 0 Å². The molecule has 0 saturated heterocycles. The fourth-order valence-electron chi connectivity index (χ4n) is 2.92. The van der Waals surface area contributed by atoms with Crippen molar-refractivity contribution in [3.63, 3.8) is 0 Å². The van der Waals surface area contributed by atoms with Gasteiger partial charge in [0.2, 0.25) is 0 Å². The van der Waals surface area contributed by atoms with Crippen LogP contribution < -0.4 is 4.74 Å². The lowest BCUT2D eigenvalue weighted by Gasteiger charge is -2.26. The molecule has 2 rings (SSSR count). The summed E-state index contributed by atoms with van der Waals surface area (Å²) >= 11 is 0. The number of nitrogens with zero attached hydrogens (tertiary/aromatic N) is 1. The first-order valence-electron chi connectivity index (χ1n) is 7.92. The smallest absolute Gasteiger partial charge is 0.314 e. The number of halogens is 3. The minimum absolute atomic E-state index is 0.00172. The minimum Gasteiger partial charge on any atom is -0.426 e. The van der Waals surface area contributed by atoms with Crippen molar-refractivity contribution in [2.75, 3.05) is 0 Å². The molecule has 0 amide bonds. The Morgan fingerprint density at radius 1 is 1.25 bits per heavy atom. The van der Waals surface area contributed by atoms with Crippen molar-refractivity contribution in [3.8, 4) is 11.8 Å². The standard InChI is InChI=1S/C18H18F3NO2/c19-14(11-22)3-1-2-12-4-6-13(7-5-12)18(23)24-15-8-9-16(20)17(21)10-15/h3,8-10,12-13H,1-2,4-7H2. The van der Waals surface area contributed by atoms with Crippen LogP contribution in [-0.4, -0.2) is 5.97 Å². The average Bonchev–Trinajstić information content (AvgIpc) is 2.58. The highest BCUT2D eigenvalue weighted by Gasteiger charge is 2.27. The molecule has 128 valence electrons. The van der Waals surface area contributed by atoms with Gasteiger partial charge >= 0.3 is 5.97 Å². The van der Waals surface area contributed by atoms with Gasteiger partial charge in [-0.05, 0) is 62.7 Å². The van der Waals surface area contributed by atoms with Crippen LogP contribution in [0.15, 0.2) is 30.1 Å². The Labute approximate surface area is 138 Å². The Hall–Kier alpha value is -2.29. The normalized spacial score (nSPS) is 21.2. The maximum atomic E-state index is 13.1. The van der Waals surface area contributed by atoms with Gasteiger partial charge in [-0.25, -0.2) is 8.78 Å². The fraction of sp³-hybridized carbons (Fsp3) is 0.444. The van der Waals surface area contributed by atoms with E-state index in [1.54, 1.807) is 0 Å². The Bertz CT molecular complexity index is 659. The molecular weight excluding hydrogens is 319 g/mol. The third-order valence-corrected chi connectivity index (χ3v) is 4.29. The number of esters is 1. The maximum absolute atomic E-state index is 13.1. The third kappa shape index (κ3) is 5.12. The molecule has 0 N–H and O–H groups in total. The van der Waals surface area contributed by atoms with Crippen LogP contribution in [0.1, 0.15) is 38.5 Å². The Morgan fingerprint density at radius 2 is 1.96 bits per heavy atom. The predicted molar refractivity (Wildman–Crippen MR) is 81.5 cm³/mol. The number of benzene rings is 1. The van der Waals surface area contributed by atoms with Gasteiger partial charge in [0.1, 0.15) is 11.8 Å². The zero-order valence-corrected chi connectivity index (χ0v) is 13.1. The number of carbonyl (C=O) groups is 1. The maximum Gasteiger partial charge on any atom is 0.314 e. The van der Waals surface area contributed by atoms with Crippen LogP contribution in [0.5, 0.6) is 5.75 Å². The first kappa shape index (κ1) is 18.1. The van der Waals surface area contributed by atoms with Gasteiger partial charge < -0.3 is 4.74 Å². The number of nitriles is 1. The van der Waals surface area contributed by atoms with Crippen molar-refractivity contribution >= 4 is 5.97 Å². The lowest BCUT2D eigenvalue weighted by atomic mass is 9.80. The number of rotatable bonds is 5. The molecule has 1 aliphatic carbocycles. The van der Waals surface area contributed by atoms with Crippen molar-refractivity contribution in [1.82, 2.24) is 0 Å². The quantitative estimate of drug-likeness (QED) is 0.439. The van der Waals surface area contributed by atoms with E-state index in [1.807, 2.05) is 0 Å². The molecule has 0 spiro atoms. The van der Waals surface area contributed by atoms with Crippen LogP contribution in [0.2, 0.25) is 0 Å². The molecule has 1 fully saturated rings. The van der Waals surface area contributed by atoms with E-state index < -0.39 is 23.4 Å². The van der Waals surface area contributed by atoms with Gasteiger partial charge in [0.15, 0.2) is 17.5 Å². The van der Waals surface area contributed by atoms with Crippen LogP contribution >= 0.6 is 0 Å². The van der Waals surface area contributed by atoms with E-state index in [9.17, 15) is 18.0 Å². The minimum atomic E-state index is -1.05. The van der Waals surface area contributed by atoms with Crippen LogP contribution in [0.4, 0.5) is 13.2 Å². The van der Waals surface area contributed by atoms with Crippen molar-refractivity contribution in [2.45, 2.75) is 38.5 Å². The van der Waals surface area contributed by atoms with Crippen molar-refractivity contribution < 1.29 is 22.7 Å². The first-order valence-corrected chi connectivity index (χ1v) is 7.92. The summed E-state index contributed by atoms with van der Waals surface area (Å²) in [6.07, 6.45) is 5.51. The van der Waals surface area contributed by atoms with Gasteiger partial charge in [0.25, 0.3) is 0 Å².